The summed E-state index contributed by atoms with van der Waals surface area (Å²) in [6.07, 6.45) is 1.10. The van der Waals surface area contributed by atoms with E-state index in [1.807, 2.05) is 34.8 Å². The Morgan fingerprint density at radius 2 is 1.70 bits per heavy atom. The number of rotatable bonds is 6. The first-order chi connectivity index (χ1) is 13.1. The third-order valence-electron chi connectivity index (χ3n) is 4.55. The number of fused-ring (bicyclic) bond motifs is 1. The molecule has 2 aromatic carbocycles. The van der Waals surface area contributed by atoms with Crippen LogP contribution in [0.2, 0.25) is 0 Å². The highest BCUT2D eigenvalue weighted by atomic mass is 32.1. The van der Waals surface area contributed by atoms with Crippen molar-refractivity contribution in [3.8, 4) is 0 Å². The number of hydrogen-bond acceptors (Lipinski definition) is 5. The average Bonchev–Trinajstić information content (AvgIpc) is 3.22. The van der Waals surface area contributed by atoms with Gasteiger partial charge in [-0.15, -0.1) is 15.3 Å². The maximum Gasteiger partial charge on any atom is 0.236 e. The number of benzene rings is 2. The highest BCUT2D eigenvalue weighted by Crippen LogP contribution is 2.28. The first kappa shape index (κ1) is 17.7. The van der Waals surface area contributed by atoms with Gasteiger partial charge in [0.1, 0.15) is 0 Å². The molecule has 0 bridgehead atoms. The van der Waals surface area contributed by atoms with Crippen LogP contribution in [0, 0.1) is 5.92 Å². The maximum absolute atomic E-state index is 4.67. The second-order valence-electron chi connectivity index (χ2n) is 7.21. The summed E-state index contributed by atoms with van der Waals surface area (Å²) in [5.41, 5.74) is 3.61. The molecule has 4 aromatic rings. The SMILES string of the molecule is CC(C)Cc1ccc(C(C)c2nnc3sc(Nc4ccccc4)nn23)cc1. The van der Waals surface area contributed by atoms with E-state index in [1.54, 1.807) is 0 Å². The van der Waals surface area contributed by atoms with E-state index in [4.69, 9.17) is 0 Å². The lowest BCUT2D eigenvalue weighted by molar-refractivity contribution is 0.647. The van der Waals surface area contributed by atoms with Crippen LogP contribution in [-0.4, -0.2) is 19.8 Å². The van der Waals surface area contributed by atoms with Crippen LogP contribution >= 0.6 is 11.3 Å². The largest absolute Gasteiger partial charge is 0.330 e. The van der Waals surface area contributed by atoms with Crippen molar-refractivity contribution < 1.29 is 0 Å². The predicted molar refractivity (Wildman–Crippen MR) is 111 cm³/mol. The molecule has 6 heteroatoms. The van der Waals surface area contributed by atoms with Gasteiger partial charge < -0.3 is 5.32 Å². The lowest BCUT2D eigenvalue weighted by Gasteiger charge is -2.11. The van der Waals surface area contributed by atoms with Gasteiger partial charge in [0.25, 0.3) is 0 Å². The van der Waals surface area contributed by atoms with Crippen molar-refractivity contribution in [3.05, 3.63) is 71.5 Å². The Morgan fingerprint density at radius 1 is 0.963 bits per heavy atom. The number of aromatic nitrogens is 4. The number of para-hydroxylation sites is 1. The zero-order chi connectivity index (χ0) is 18.8. The Bertz CT molecular complexity index is 1020. The van der Waals surface area contributed by atoms with Crippen LogP contribution in [0.15, 0.2) is 54.6 Å². The second kappa shape index (κ2) is 7.48. The fourth-order valence-corrected chi connectivity index (χ4v) is 3.93. The Kier molecular flexibility index (Phi) is 4.90. The molecule has 1 unspecified atom stereocenters. The van der Waals surface area contributed by atoms with Crippen LogP contribution in [0.25, 0.3) is 4.96 Å². The standard InChI is InChI=1S/C21H23N5S/c1-14(2)13-16-9-11-17(12-10-16)15(3)19-23-24-21-26(19)25-20(27-21)22-18-7-5-4-6-8-18/h4-12,14-15H,13H2,1-3H3,(H,22,25). The Labute approximate surface area is 163 Å². The third-order valence-corrected chi connectivity index (χ3v) is 5.37. The van der Waals surface area contributed by atoms with Gasteiger partial charge in [-0.2, -0.15) is 4.52 Å². The molecule has 0 spiro atoms. The average molecular weight is 378 g/mol. The van der Waals surface area contributed by atoms with Crippen molar-refractivity contribution in [3.63, 3.8) is 0 Å². The van der Waals surface area contributed by atoms with Gasteiger partial charge >= 0.3 is 0 Å². The second-order valence-corrected chi connectivity index (χ2v) is 8.17. The molecular formula is C21H23N5S. The number of nitrogens with one attached hydrogen (secondary N) is 1. The van der Waals surface area contributed by atoms with E-state index in [2.05, 4.69) is 65.6 Å². The monoisotopic (exact) mass is 377 g/mol. The minimum absolute atomic E-state index is 0.125. The zero-order valence-corrected chi connectivity index (χ0v) is 16.6. The summed E-state index contributed by atoms with van der Waals surface area (Å²) in [7, 11) is 0. The highest BCUT2D eigenvalue weighted by Gasteiger charge is 2.19. The van der Waals surface area contributed by atoms with Crippen LogP contribution in [0.5, 0.6) is 0 Å². The summed E-state index contributed by atoms with van der Waals surface area (Å²) >= 11 is 1.50. The first-order valence-electron chi connectivity index (χ1n) is 9.23. The Hall–Kier alpha value is -2.73. The molecule has 0 aliphatic heterocycles. The normalized spacial score (nSPS) is 12.6. The minimum Gasteiger partial charge on any atom is -0.330 e. The van der Waals surface area contributed by atoms with Crippen LogP contribution in [0.3, 0.4) is 0 Å². The molecule has 0 fully saturated rings. The number of nitrogens with zero attached hydrogens (tertiary/aromatic N) is 4. The van der Waals surface area contributed by atoms with E-state index in [0.29, 0.717) is 5.92 Å². The van der Waals surface area contributed by atoms with Crippen LogP contribution < -0.4 is 5.32 Å². The molecule has 0 amide bonds. The van der Waals surface area contributed by atoms with E-state index < -0.39 is 0 Å². The Morgan fingerprint density at radius 3 is 2.41 bits per heavy atom. The van der Waals surface area contributed by atoms with E-state index in [0.717, 1.165) is 28.0 Å². The van der Waals surface area contributed by atoms with Crippen LogP contribution in [0.1, 0.15) is 43.6 Å². The molecule has 4 rings (SSSR count). The van der Waals surface area contributed by atoms with Gasteiger partial charge in [-0.25, -0.2) is 0 Å². The third kappa shape index (κ3) is 3.85. The fourth-order valence-electron chi connectivity index (χ4n) is 3.16. The first-order valence-corrected chi connectivity index (χ1v) is 10.0. The van der Waals surface area contributed by atoms with Crippen LogP contribution in [0.4, 0.5) is 10.8 Å². The molecule has 0 aliphatic rings. The molecular weight excluding hydrogens is 354 g/mol. The molecule has 0 aliphatic carbocycles. The minimum atomic E-state index is 0.125. The molecule has 2 heterocycles. The quantitative estimate of drug-likeness (QED) is 0.497. The molecule has 0 saturated carbocycles. The molecule has 27 heavy (non-hydrogen) atoms. The maximum atomic E-state index is 4.67. The highest BCUT2D eigenvalue weighted by molar-refractivity contribution is 7.20. The van der Waals surface area contributed by atoms with Crippen molar-refractivity contribution in [1.29, 1.82) is 0 Å². The van der Waals surface area contributed by atoms with Crippen molar-refractivity contribution in [2.24, 2.45) is 5.92 Å². The van der Waals surface area contributed by atoms with E-state index in [1.165, 1.54) is 22.5 Å². The number of anilines is 2. The zero-order valence-electron chi connectivity index (χ0n) is 15.8. The van der Waals surface area contributed by atoms with Gasteiger partial charge in [0.2, 0.25) is 10.1 Å². The molecule has 0 saturated heterocycles. The Balaban J connectivity index is 1.57. The van der Waals surface area contributed by atoms with Crippen molar-refractivity contribution in [2.75, 3.05) is 5.32 Å². The van der Waals surface area contributed by atoms with E-state index in [9.17, 15) is 0 Å². The smallest absolute Gasteiger partial charge is 0.236 e. The number of hydrogen-bond donors (Lipinski definition) is 1. The molecule has 1 atom stereocenters. The lowest BCUT2D eigenvalue weighted by atomic mass is 9.96. The lowest BCUT2D eigenvalue weighted by Crippen LogP contribution is -2.04. The van der Waals surface area contributed by atoms with Gasteiger partial charge in [-0.3, -0.25) is 0 Å². The fraction of sp³-hybridized carbons (Fsp3) is 0.286. The van der Waals surface area contributed by atoms with Gasteiger partial charge in [-0.1, -0.05) is 74.6 Å². The summed E-state index contributed by atoms with van der Waals surface area (Å²) in [5.74, 6) is 1.65. The van der Waals surface area contributed by atoms with Gasteiger partial charge in [0.15, 0.2) is 5.82 Å². The van der Waals surface area contributed by atoms with Crippen molar-refractivity contribution >= 4 is 27.1 Å². The van der Waals surface area contributed by atoms with E-state index in [-0.39, 0.29) is 5.92 Å². The molecule has 2 aromatic heterocycles. The van der Waals surface area contributed by atoms with Gasteiger partial charge in [0.05, 0.1) is 0 Å². The summed E-state index contributed by atoms with van der Waals surface area (Å²) < 4.78 is 1.85. The summed E-state index contributed by atoms with van der Waals surface area (Å²) in [6, 6.07) is 18.8. The predicted octanol–water partition coefficient (Wildman–Crippen LogP) is 5.28. The molecule has 5 nitrogen and oxygen atoms in total. The summed E-state index contributed by atoms with van der Waals surface area (Å²) in [5, 5.41) is 17.5. The summed E-state index contributed by atoms with van der Waals surface area (Å²) in [4.78, 5) is 0.798. The van der Waals surface area contributed by atoms with Gasteiger partial charge in [0, 0.05) is 11.6 Å². The molecule has 1 N–H and O–H groups in total. The molecule has 0 radical (unpaired) electrons. The van der Waals surface area contributed by atoms with E-state index >= 15 is 0 Å². The van der Waals surface area contributed by atoms with Crippen LogP contribution in [-0.2, 0) is 6.42 Å². The molecule has 138 valence electrons. The summed E-state index contributed by atoms with van der Waals surface area (Å²) in [6.45, 7) is 6.64. The van der Waals surface area contributed by atoms with Gasteiger partial charge in [-0.05, 0) is 35.6 Å². The topological polar surface area (TPSA) is 55.1 Å². The van der Waals surface area contributed by atoms with Crippen molar-refractivity contribution in [1.82, 2.24) is 19.8 Å². The van der Waals surface area contributed by atoms with Crippen molar-refractivity contribution in [2.45, 2.75) is 33.1 Å².